The number of rotatable bonds is 1. The van der Waals surface area contributed by atoms with Crippen molar-refractivity contribution in [3.63, 3.8) is 0 Å². The molecule has 2 aliphatic heterocycles. The molecule has 0 bridgehead atoms. The van der Waals surface area contributed by atoms with Gasteiger partial charge in [0.1, 0.15) is 0 Å². The third-order valence-corrected chi connectivity index (χ3v) is 6.53. The molecule has 2 aromatic rings. The summed E-state index contributed by atoms with van der Waals surface area (Å²) in [7, 11) is 0. The third kappa shape index (κ3) is 3.02. The van der Waals surface area contributed by atoms with Gasteiger partial charge in [-0.05, 0) is 18.9 Å². The molecule has 4 N–H and O–H groups in total. The Morgan fingerprint density at radius 3 is 2.84 bits per heavy atom. The lowest BCUT2D eigenvalue weighted by Gasteiger charge is -2.37. The molecule has 0 aliphatic carbocycles. The summed E-state index contributed by atoms with van der Waals surface area (Å²) in [6, 6.07) is 3.37. The number of fused-ring (bicyclic) bond motifs is 2. The van der Waals surface area contributed by atoms with Crippen molar-refractivity contribution in [2.75, 3.05) is 25.5 Å². The van der Waals surface area contributed by atoms with Gasteiger partial charge in [-0.1, -0.05) is 6.42 Å². The molecule has 0 amide bonds. The van der Waals surface area contributed by atoms with Crippen LogP contribution < -0.4 is 5.73 Å². The van der Waals surface area contributed by atoms with E-state index < -0.39 is 0 Å². The number of phenolic OH excluding ortho intramolecular Hbond substituents is 2. The number of pyridine rings is 1. The quantitative estimate of drug-likeness (QED) is 0.348. The van der Waals surface area contributed by atoms with Crippen LogP contribution in [0.3, 0.4) is 0 Å². The Balaban J connectivity index is 1.89. The van der Waals surface area contributed by atoms with Gasteiger partial charge < -0.3 is 20.7 Å². The number of nitrogen functional groups attached to an aromatic ring is 1. The van der Waals surface area contributed by atoms with Gasteiger partial charge in [0, 0.05) is 76.2 Å². The van der Waals surface area contributed by atoms with Crippen molar-refractivity contribution in [1.29, 1.82) is 0 Å². The largest absolute Gasteiger partial charge is 0.504 e. The van der Waals surface area contributed by atoms with Gasteiger partial charge in [0.15, 0.2) is 11.5 Å². The molecule has 4 rings (SSSR count). The molecule has 1 aromatic heterocycles. The molecule has 6 nitrogen and oxygen atoms in total. The molecule has 2 atom stereocenters. The molecule has 25 heavy (non-hydrogen) atoms. The number of aromatic hydroxyl groups is 2. The van der Waals surface area contributed by atoms with Gasteiger partial charge in [-0.15, -0.1) is 0 Å². The second-order valence-electron chi connectivity index (χ2n) is 6.86. The van der Waals surface area contributed by atoms with E-state index in [2.05, 4.69) is 26.0 Å². The fraction of sp³-hybridized carbons (Fsp3) is 0.500. The Hall–Kier alpha value is -1.32. The summed E-state index contributed by atoms with van der Waals surface area (Å²) in [4.78, 5) is 4.76. The molecule has 1 fully saturated rings. The summed E-state index contributed by atoms with van der Waals surface area (Å²) in [5.41, 5.74) is 9.84. The van der Waals surface area contributed by atoms with E-state index in [1.165, 1.54) is 25.0 Å². The highest BCUT2D eigenvalue weighted by Crippen LogP contribution is 2.42. The first-order chi connectivity index (χ1) is 12.1. The maximum atomic E-state index is 9.89. The zero-order valence-corrected chi connectivity index (χ0v) is 16.1. The number of hydrogen-bond acceptors (Lipinski definition) is 6. The highest BCUT2D eigenvalue weighted by molar-refractivity contribution is 14.1. The average molecular weight is 455 g/mol. The van der Waals surface area contributed by atoms with Crippen molar-refractivity contribution in [2.45, 2.75) is 37.6 Å². The first kappa shape index (κ1) is 17.1. The van der Waals surface area contributed by atoms with Crippen LogP contribution in [0.4, 0.5) is 5.69 Å². The summed E-state index contributed by atoms with van der Waals surface area (Å²) in [6.07, 6.45) is 4.26. The van der Waals surface area contributed by atoms with Gasteiger partial charge in [-0.2, -0.15) is 0 Å². The van der Waals surface area contributed by atoms with Crippen LogP contribution in [0.15, 0.2) is 12.1 Å². The van der Waals surface area contributed by atoms with Gasteiger partial charge in [-0.25, -0.2) is 3.11 Å². The molecule has 0 saturated carbocycles. The number of nitrogens with two attached hydrogens (primary N) is 1. The summed E-state index contributed by atoms with van der Waals surface area (Å²) < 4.78 is 8.27. The second-order valence-corrected chi connectivity index (χ2v) is 8.10. The maximum Gasteiger partial charge on any atom is 0.159 e. The molecular formula is C18H22IN3O3. The Morgan fingerprint density at radius 1 is 1.24 bits per heavy atom. The topological polar surface area (TPSA) is 91.8 Å². The molecular weight excluding hydrogens is 433 g/mol. The number of piperidine rings is 1. The van der Waals surface area contributed by atoms with E-state index >= 15 is 0 Å². The fourth-order valence-corrected chi connectivity index (χ4v) is 5.08. The Morgan fingerprint density at radius 2 is 2.04 bits per heavy atom. The summed E-state index contributed by atoms with van der Waals surface area (Å²) in [5, 5.41) is 20.4. The van der Waals surface area contributed by atoms with Crippen LogP contribution >= 0.6 is 22.9 Å². The van der Waals surface area contributed by atoms with E-state index in [4.69, 9.17) is 15.5 Å². The van der Waals surface area contributed by atoms with Gasteiger partial charge in [0.25, 0.3) is 0 Å². The van der Waals surface area contributed by atoms with Crippen LogP contribution in [-0.2, 0) is 11.2 Å². The molecule has 134 valence electrons. The Kier molecular flexibility index (Phi) is 4.63. The molecule has 1 saturated heterocycles. The van der Waals surface area contributed by atoms with Crippen LogP contribution in [0, 0.1) is 0 Å². The lowest BCUT2D eigenvalue weighted by Crippen LogP contribution is -2.38. The minimum Gasteiger partial charge on any atom is -0.504 e. The van der Waals surface area contributed by atoms with E-state index in [0.29, 0.717) is 42.3 Å². The van der Waals surface area contributed by atoms with Crippen molar-refractivity contribution in [2.24, 2.45) is 0 Å². The highest BCUT2D eigenvalue weighted by Gasteiger charge is 2.35. The maximum absolute atomic E-state index is 9.89. The van der Waals surface area contributed by atoms with Crippen LogP contribution in [0.5, 0.6) is 11.5 Å². The number of nitrogens with zero attached hydrogens (tertiary/aromatic N) is 2. The first-order valence-corrected chi connectivity index (χ1v) is 9.67. The van der Waals surface area contributed by atoms with E-state index in [0.717, 1.165) is 24.2 Å². The highest BCUT2D eigenvalue weighted by atomic mass is 127. The zero-order valence-electron chi connectivity index (χ0n) is 13.9. The van der Waals surface area contributed by atoms with Crippen LogP contribution in [0.25, 0.3) is 10.9 Å². The van der Waals surface area contributed by atoms with Gasteiger partial charge in [-0.3, -0.25) is 4.98 Å². The van der Waals surface area contributed by atoms with E-state index in [-0.39, 0.29) is 17.4 Å². The predicted molar refractivity (Wildman–Crippen MR) is 105 cm³/mol. The lowest BCUT2D eigenvalue weighted by atomic mass is 9.84. The molecule has 7 heteroatoms. The van der Waals surface area contributed by atoms with E-state index in [9.17, 15) is 10.2 Å². The van der Waals surface area contributed by atoms with Crippen molar-refractivity contribution in [3.8, 4) is 11.5 Å². The minimum atomic E-state index is -0.175. The molecule has 1 aromatic carbocycles. The van der Waals surface area contributed by atoms with Crippen molar-refractivity contribution < 1.29 is 14.9 Å². The number of halogens is 1. The number of benzene rings is 1. The molecule has 0 spiro atoms. The fourth-order valence-electron chi connectivity index (χ4n) is 4.07. The normalized spacial score (nSPS) is 24.8. The molecule has 0 radical (unpaired) electrons. The minimum absolute atomic E-state index is 0.169. The molecule has 2 unspecified atom stereocenters. The number of anilines is 1. The molecule has 3 heterocycles. The Labute approximate surface area is 160 Å². The monoisotopic (exact) mass is 455 g/mol. The number of aromatic nitrogens is 1. The third-order valence-electron chi connectivity index (χ3n) is 5.34. The average Bonchev–Trinajstić information content (AvgIpc) is 2.80. The number of phenols is 2. The van der Waals surface area contributed by atoms with Gasteiger partial charge >= 0.3 is 0 Å². The van der Waals surface area contributed by atoms with Crippen LogP contribution in [0.2, 0.25) is 0 Å². The van der Waals surface area contributed by atoms with E-state index in [1.807, 2.05) is 0 Å². The van der Waals surface area contributed by atoms with Crippen molar-refractivity contribution >= 4 is 39.5 Å². The lowest BCUT2D eigenvalue weighted by molar-refractivity contribution is 0.104. The number of hydrogen-bond donors (Lipinski definition) is 3. The van der Waals surface area contributed by atoms with Gasteiger partial charge in [0.2, 0.25) is 0 Å². The van der Waals surface area contributed by atoms with Crippen LogP contribution in [-0.4, -0.2) is 44.1 Å². The SMILES string of the molecule is Nc1c2c(nc3cc(O)c(O)cc13)CCOCC2C1CCCCN1I. The second kappa shape index (κ2) is 6.77. The summed E-state index contributed by atoms with van der Waals surface area (Å²) in [5.74, 6) is -0.176. The zero-order chi connectivity index (χ0) is 17.6. The standard InChI is InChI=1S/C18H22IN3O3/c19-22-5-2-1-3-14(22)11-9-25-6-4-12-17(11)18(20)10-7-15(23)16(24)8-13(10)21-12/h7-8,11,14,23-24H,1-6,9H2,(H2,20,21). The smallest absolute Gasteiger partial charge is 0.159 e. The first-order valence-electron chi connectivity index (χ1n) is 8.70. The number of ether oxygens (including phenoxy) is 1. The summed E-state index contributed by atoms with van der Waals surface area (Å²) >= 11 is 2.42. The molecule has 2 aliphatic rings. The Bertz CT molecular complexity index is 814. The predicted octanol–water partition coefficient (Wildman–Crippen LogP) is 3.09. The van der Waals surface area contributed by atoms with Crippen molar-refractivity contribution in [1.82, 2.24) is 8.10 Å². The van der Waals surface area contributed by atoms with Gasteiger partial charge in [0.05, 0.1) is 18.7 Å². The van der Waals surface area contributed by atoms with E-state index in [1.54, 1.807) is 0 Å². The van der Waals surface area contributed by atoms with Crippen molar-refractivity contribution in [3.05, 3.63) is 23.4 Å². The summed E-state index contributed by atoms with van der Waals surface area (Å²) in [6.45, 7) is 2.34. The van der Waals surface area contributed by atoms with Crippen LogP contribution in [0.1, 0.15) is 36.4 Å².